The van der Waals surface area contributed by atoms with Crippen LogP contribution in [0.1, 0.15) is 33.2 Å². The van der Waals surface area contributed by atoms with Crippen LogP contribution in [0.4, 0.5) is 0 Å². The van der Waals surface area contributed by atoms with Gasteiger partial charge in [0, 0.05) is 11.6 Å². The van der Waals surface area contributed by atoms with Crippen molar-refractivity contribution in [3.05, 3.63) is 94.8 Å². The smallest absolute Gasteiger partial charge is 0.343 e. The molecule has 0 fully saturated rings. The Labute approximate surface area is 202 Å². The number of esters is 1. The summed E-state index contributed by atoms with van der Waals surface area (Å²) in [6.45, 7) is 1.91. The predicted molar refractivity (Wildman–Crippen MR) is 128 cm³/mol. The minimum Gasteiger partial charge on any atom is -0.493 e. The van der Waals surface area contributed by atoms with E-state index >= 15 is 0 Å². The van der Waals surface area contributed by atoms with Gasteiger partial charge in [-0.15, -0.1) is 0 Å². The first-order chi connectivity index (χ1) is 17.0. The first-order valence-electron chi connectivity index (χ1n) is 11.0. The molecule has 0 saturated carbocycles. The van der Waals surface area contributed by atoms with Gasteiger partial charge in [0.25, 0.3) is 0 Å². The number of hydrogen-bond donors (Lipinski definition) is 0. The standard InChI is InChI=1S/C28H22O7/c1-16-19(12-17-6-4-5-7-22(17)33-16)14-26-27(29)21-10-9-20(15-24(21)35-26)34-28(30)18-8-11-23(31-2)25(13-18)32-3/h4-16H,1-3H3/b26-14-. The fraction of sp³-hybridized carbons (Fsp3) is 0.143. The first kappa shape index (κ1) is 22.3. The van der Waals surface area contributed by atoms with Gasteiger partial charge in [-0.05, 0) is 61.0 Å². The molecule has 2 aliphatic rings. The third kappa shape index (κ3) is 4.24. The summed E-state index contributed by atoms with van der Waals surface area (Å²) in [6, 6.07) is 17.1. The molecule has 0 bridgehead atoms. The molecule has 7 nitrogen and oxygen atoms in total. The van der Waals surface area contributed by atoms with Crippen molar-refractivity contribution < 1.29 is 33.3 Å². The highest BCUT2D eigenvalue weighted by Gasteiger charge is 2.29. The van der Waals surface area contributed by atoms with Crippen LogP contribution in [-0.2, 0) is 0 Å². The Morgan fingerprint density at radius 1 is 0.943 bits per heavy atom. The van der Waals surface area contributed by atoms with Gasteiger partial charge in [0.1, 0.15) is 23.4 Å². The fourth-order valence-corrected chi connectivity index (χ4v) is 3.93. The van der Waals surface area contributed by atoms with Crippen molar-refractivity contribution in [2.45, 2.75) is 13.0 Å². The fourth-order valence-electron chi connectivity index (χ4n) is 3.93. The Morgan fingerprint density at radius 2 is 1.74 bits per heavy atom. The van der Waals surface area contributed by atoms with Gasteiger partial charge >= 0.3 is 5.97 Å². The maximum absolute atomic E-state index is 12.9. The predicted octanol–water partition coefficient (Wildman–Crippen LogP) is 5.25. The minimum absolute atomic E-state index is 0.185. The molecule has 0 aromatic heterocycles. The van der Waals surface area contributed by atoms with Crippen molar-refractivity contribution in [3.63, 3.8) is 0 Å². The van der Waals surface area contributed by atoms with Crippen LogP contribution in [0.5, 0.6) is 28.7 Å². The number of carbonyl (C=O) groups excluding carboxylic acids is 2. The van der Waals surface area contributed by atoms with E-state index in [1.165, 1.54) is 26.4 Å². The Balaban J connectivity index is 1.36. The third-order valence-corrected chi connectivity index (χ3v) is 5.78. The molecule has 176 valence electrons. The molecule has 1 atom stereocenters. The Kier molecular flexibility index (Phi) is 5.74. The molecular formula is C28H22O7. The Morgan fingerprint density at radius 3 is 2.54 bits per heavy atom. The van der Waals surface area contributed by atoms with Gasteiger partial charge in [0.15, 0.2) is 17.3 Å². The van der Waals surface area contributed by atoms with E-state index in [9.17, 15) is 9.59 Å². The van der Waals surface area contributed by atoms with Gasteiger partial charge < -0.3 is 23.7 Å². The summed E-state index contributed by atoms with van der Waals surface area (Å²) in [4.78, 5) is 25.6. The zero-order valence-electron chi connectivity index (χ0n) is 19.4. The second kappa shape index (κ2) is 9.02. The monoisotopic (exact) mass is 470 g/mol. The number of benzene rings is 3. The topological polar surface area (TPSA) is 80.3 Å². The van der Waals surface area contributed by atoms with Crippen LogP contribution in [0, 0.1) is 0 Å². The van der Waals surface area contributed by atoms with Crippen LogP contribution in [0.25, 0.3) is 6.08 Å². The molecule has 1 unspecified atom stereocenters. The molecule has 7 heteroatoms. The number of para-hydroxylation sites is 1. The molecule has 0 amide bonds. The number of hydrogen-bond acceptors (Lipinski definition) is 7. The van der Waals surface area contributed by atoms with Crippen molar-refractivity contribution in [1.29, 1.82) is 0 Å². The lowest BCUT2D eigenvalue weighted by Gasteiger charge is -2.22. The Hall–Kier alpha value is -4.52. The number of carbonyl (C=O) groups is 2. The van der Waals surface area contributed by atoms with Gasteiger partial charge in [0.05, 0.1) is 25.3 Å². The number of fused-ring (bicyclic) bond motifs is 2. The van der Waals surface area contributed by atoms with Gasteiger partial charge in [-0.3, -0.25) is 4.79 Å². The summed E-state index contributed by atoms with van der Waals surface area (Å²) in [6.07, 6.45) is 3.43. The molecule has 0 saturated heterocycles. The van der Waals surface area contributed by atoms with Gasteiger partial charge in [-0.2, -0.15) is 0 Å². The van der Waals surface area contributed by atoms with Crippen molar-refractivity contribution in [2.75, 3.05) is 14.2 Å². The van der Waals surface area contributed by atoms with Gasteiger partial charge in [0.2, 0.25) is 5.78 Å². The summed E-state index contributed by atoms with van der Waals surface area (Å²) < 4.78 is 27.7. The molecule has 3 aromatic rings. The summed E-state index contributed by atoms with van der Waals surface area (Å²) in [5.41, 5.74) is 2.44. The maximum Gasteiger partial charge on any atom is 0.343 e. The number of methoxy groups -OCH3 is 2. The summed E-state index contributed by atoms with van der Waals surface area (Å²) in [7, 11) is 3.00. The number of allylic oxidation sites excluding steroid dienone is 1. The van der Waals surface area contributed by atoms with E-state index in [0.717, 1.165) is 16.9 Å². The average molecular weight is 470 g/mol. The second-order valence-corrected chi connectivity index (χ2v) is 8.00. The van der Waals surface area contributed by atoms with Crippen LogP contribution >= 0.6 is 0 Å². The van der Waals surface area contributed by atoms with E-state index < -0.39 is 5.97 Å². The van der Waals surface area contributed by atoms with Crippen LogP contribution in [0.2, 0.25) is 0 Å². The number of ketones is 1. The van der Waals surface area contributed by atoms with Gasteiger partial charge in [-0.1, -0.05) is 18.2 Å². The van der Waals surface area contributed by atoms with Crippen LogP contribution in [0.15, 0.2) is 78.1 Å². The van der Waals surface area contributed by atoms with Crippen LogP contribution < -0.4 is 23.7 Å². The third-order valence-electron chi connectivity index (χ3n) is 5.78. The Bertz CT molecular complexity index is 1400. The zero-order chi connectivity index (χ0) is 24.5. The highest BCUT2D eigenvalue weighted by molar-refractivity contribution is 6.12. The summed E-state index contributed by atoms with van der Waals surface area (Å²) in [5, 5.41) is 0. The average Bonchev–Trinajstić information content (AvgIpc) is 3.18. The number of Topliss-reactive ketones (excluding diaryl/α,β-unsaturated/α-hetero) is 1. The molecule has 0 aliphatic carbocycles. The van der Waals surface area contributed by atoms with Crippen LogP contribution in [0.3, 0.4) is 0 Å². The molecule has 0 radical (unpaired) electrons. The zero-order valence-corrected chi connectivity index (χ0v) is 19.4. The highest BCUT2D eigenvalue weighted by Crippen LogP contribution is 2.37. The van der Waals surface area contributed by atoms with Crippen molar-refractivity contribution in [1.82, 2.24) is 0 Å². The van der Waals surface area contributed by atoms with Crippen LogP contribution in [-0.4, -0.2) is 32.1 Å². The quantitative estimate of drug-likeness (QED) is 0.286. The molecular weight excluding hydrogens is 448 g/mol. The summed E-state index contributed by atoms with van der Waals surface area (Å²) >= 11 is 0. The van der Waals surface area contributed by atoms with Gasteiger partial charge in [-0.25, -0.2) is 4.79 Å². The lowest BCUT2D eigenvalue weighted by Crippen LogP contribution is -2.18. The minimum atomic E-state index is -0.581. The first-order valence-corrected chi connectivity index (χ1v) is 11.0. The normalized spacial score (nSPS) is 17.0. The second-order valence-electron chi connectivity index (χ2n) is 8.00. The van der Waals surface area contributed by atoms with E-state index in [0.29, 0.717) is 28.4 Å². The van der Waals surface area contributed by atoms with E-state index in [2.05, 4.69) is 0 Å². The maximum atomic E-state index is 12.9. The van der Waals surface area contributed by atoms with Crippen molar-refractivity contribution in [2.24, 2.45) is 0 Å². The molecule has 0 spiro atoms. The summed E-state index contributed by atoms with van der Waals surface area (Å²) in [5.74, 6) is 1.65. The molecule has 3 aromatic carbocycles. The van der Waals surface area contributed by atoms with Crippen molar-refractivity contribution in [3.8, 4) is 28.7 Å². The number of ether oxygens (including phenoxy) is 5. The highest BCUT2D eigenvalue weighted by atomic mass is 16.5. The van der Waals surface area contributed by atoms with E-state index in [1.54, 1.807) is 30.3 Å². The van der Waals surface area contributed by atoms with E-state index in [4.69, 9.17) is 23.7 Å². The largest absolute Gasteiger partial charge is 0.493 e. The lowest BCUT2D eigenvalue weighted by atomic mass is 10.0. The SMILES string of the molecule is COc1ccc(C(=O)Oc2ccc3c(c2)O/C(=C\C2=Cc4ccccc4OC2C)C3=O)cc1OC. The van der Waals surface area contributed by atoms with E-state index in [1.807, 2.05) is 37.3 Å². The van der Waals surface area contributed by atoms with Crippen molar-refractivity contribution >= 4 is 17.8 Å². The van der Waals surface area contributed by atoms with E-state index in [-0.39, 0.29) is 23.4 Å². The lowest BCUT2D eigenvalue weighted by molar-refractivity contribution is 0.0734. The molecule has 35 heavy (non-hydrogen) atoms. The molecule has 0 N–H and O–H groups in total. The molecule has 5 rings (SSSR count). The molecule has 2 heterocycles. The number of rotatable bonds is 5. The molecule has 2 aliphatic heterocycles.